The van der Waals surface area contributed by atoms with Gasteiger partial charge in [0.2, 0.25) is 5.95 Å². The van der Waals surface area contributed by atoms with Crippen LogP contribution in [0.5, 0.6) is 0 Å². The third kappa shape index (κ3) is 3.40. The van der Waals surface area contributed by atoms with Crippen molar-refractivity contribution in [1.82, 2.24) is 0 Å². The van der Waals surface area contributed by atoms with Crippen molar-refractivity contribution in [3.05, 3.63) is 101 Å². The van der Waals surface area contributed by atoms with Crippen LogP contribution in [-0.4, -0.2) is 16.5 Å². The second-order valence-electron chi connectivity index (χ2n) is 8.15. The molecule has 0 spiro atoms. The molecule has 4 rings (SSSR count). The lowest BCUT2D eigenvalue weighted by molar-refractivity contribution is 0.567. The molecule has 154 valence electrons. The molecule has 3 aromatic rings. The molecule has 0 bridgehead atoms. The zero-order valence-corrected chi connectivity index (χ0v) is 19.1. The minimum Gasteiger partial charge on any atom is -0.209 e. The largest absolute Gasteiger partial charge is 0.270 e. The molecule has 0 N–H and O–H groups in total. The normalized spacial score (nSPS) is 14.6. The fourth-order valence-corrected chi connectivity index (χ4v) is 8.07. The SMILES string of the molecule is Cc1ccc(S(=O)(=O)N2C(F)=C([Si](C)(C)c3ccccc3)Cc3ccccc32)cc1. The minimum atomic E-state index is -4.09. The van der Waals surface area contributed by atoms with E-state index in [1.807, 2.05) is 49.4 Å². The molecule has 0 amide bonds. The zero-order valence-electron chi connectivity index (χ0n) is 17.3. The van der Waals surface area contributed by atoms with Crippen LogP contribution in [0.2, 0.25) is 13.1 Å². The number of anilines is 1. The first-order valence-electron chi connectivity index (χ1n) is 9.87. The number of nitrogens with zero attached hydrogens (tertiary/aromatic N) is 1. The minimum absolute atomic E-state index is 0.0819. The van der Waals surface area contributed by atoms with E-state index in [1.165, 1.54) is 12.1 Å². The molecule has 0 aromatic heterocycles. The monoisotopic (exact) mass is 437 g/mol. The van der Waals surface area contributed by atoms with Crippen LogP contribution in [0, 0.1) is 6.92 Å². The number of halogens is 1. The second-order valence-corrected chi connectivity index (χ2v) is 14.4. The molecule has 6 heteroatoms. The number of benzene rings is 3. The molecule has 1 aliphatic rings. The maximum Gasteiger partial charge on any atom is 0.270 e. The van der Waals surface area contributed by atoms with Gasteiger partial charge in [-0.25, -0.2) is 12.7 Å². The number of sulfonamides is 1. The number of allylic oxidation sites excluding steroid dienone is 1. The summed E-state index contributed by atoms with van der Waals surface area (Å²) in [6.45, 7) is 6.03. The third-order valence-electron chi connectivity index (χ3n) is 5.81. The molecule has 3 nitrogen and oxygen atoms in total. The average Bonchev–Trinajstić information content (AvgIpc) is 2.74. The molecule has 30 heavy (non-hydrogen) atoms. The summed E-state index contributed by atoms with van der Waals surface area (Å²) in [7, 11) is -6.54. The van der Waals surface area contributed by atoms with Gasteiger partial charge in [0, 0.05) is 0 Å². The fourth-order valence-electron chi connectivity index (χ4n) is 3.91. The summed E-state index contributed by atoms with van der Waals surface area (Å²) < 4.78 is 44.1. The quantitative estimate of drug-likeness (QED) is 0.422. The van der Waals surface area contributed by atoms with Crippen molar-refractivity contribution < 1.29 is 12.8 Å². The lowest BCUT2D eigenvalue weighted by atomic mass is 10.1. The number of hydrogen-bond acceptors (Lipinski definition) is 2. The Bertz CT molecular complexity index is 1220. The Morgan fingerprint density at radius 3 is 2.13 bits per heavy atom. The highest BCUT2D eigenvalue weighted by atomic mass is 32.2. The zero-order chi connectivity index (χ0) is 21.5. The summed E-state index contributed by atoms with van der Waals surface area (Å²) in [5, 5.41) is 1.66. The summed E-state index contributed by atoms with van der Waals surface area (Å²) >= 11 is 0. The Kier molecular flexibility index (Phi) is 5.16. The summed E-state index contributed by atoms with van der Waals surface area (Å²) in [5.41, 5.74) is 2.15. The predicted octanol–water partition coefficient (Wildman–Crippen LogP) is 5.08. The van der Waals surface area contributed by atoms with Crippen LogP contribution < -0.4 is 9.49 Å². The van der Waals surface area contributed by atoms with E-state index in [0.717, 1.165) is 20.6 Å². The first kappa shape index (κ1) is 20.6. The van der Waals surface area contributed by atoms with Crippen LogP contribution in [0.3, 0.4) is 0 Å². The molecule has 0 fully saturated rings. The summed E-state index contributed by atoms with van der Waals surface area (Å²) in [6, 6.07) is 23.5. The van der Waals surface area contributed by atoms with Crippen LogP contribution in [0.25, 0.3) is 0 Å². The Morgan fingerprint density at radius 2 is 1.47 bits per heavy atom. The molecule has 0 atom stereocenters. The molecule has 0 radical (unpaired) electrons. The molecule has 0 saturated carbocycles. The second kappa shape index (κ2) is 7.52. The van der Waals surface area contributed by atoms with Crippen molar-refractivity contribution >= 4 is 29.0 Å². The Hall–Kier alpha value is -2.70. The molecule has 0 unspecified atom stereocenters. The molecular formula is C24H24FNO2SSi. The highest BCUT2D eigenvalue weighted by molar-refractivity contribution is 7.93. The van der Waals surface area contributed by atoms with Crippen LogP contribution in [0.15, 0.2) is 94.9 Å². The van der Waals surface area contributed by atoms with E-state index in [-0.39, 0.29) is 4.90 Å². The smallest absolute Gasteiger partial charge is 0.209 e. The highest BCUT2D eigenvalue weighted by Gasteiger charge is 2.41. The van der Waals surface area contributed by atoms with Gasteiger partial charge in [-0.1, -0.05) is 84.5 Å². The van der Waals surface area contributed by atoms with E-state index in [9.17, 15) is 8.42 Å². The van der Waals surface area contributed by atoms with Gasteiger partial charge in [-0.05, 0) is 42.3 Å². The first-order chi connectivity index (χ1) is 14.2. The van der Waals surface area contributed by atoms with Gasteiger partial charge in [-0.2, -0.15) is 4.39 Å². The van der Waals surface area contributed by atoms with Crippen LogP contribution >= 0.6 is 0 Å². The van der Waals surface area contributed by atoms with E-state index in [4.69, 9.17) is 0 Å². The maximum atomic E-state index is 16.1. The average molecular weight is 438 g/mol. The fraction of sp³-hybridized carbons (Fsp3) is 0.167. The van der Waals surface area contributed by atoms with Crippen LogP contribution in [-0.2, 0) is 16.4 Å². The van der Waals surface area contributed by atoms with Gasteiger partial charge in [0.1, 0.15) is 8.07 Å². The topological polar surface area (TPSA) is 37.4 Å². The lowest BCUT2D eigenvalue weighted by Crippen LogP contribution is -2.48. The first-order valence-corrected chi connectivity index (χ1v) is 14.3. The Labute approximate surface area is 178 Å². The van der Waals surface area contributed by atoms with Crippen LogP contribution in [0.1, 0.15) is 11.1 Å². The van der Waals surface area contributed by atoms with Crippen molar-refractivity contribution in [1.29, 1.82) is 0 Å². The van der Waals surface area contributed by atoms with Gasteiger partial charge in [0.15, 0.2) is 0 Å². The van der Waals surface area contributed by atoms with Crippen molar-refractivity contribution in [2.75, 3.05) is 4.31 Å². The molecule has 3 aromatic carbocycles. The Morgan fingerprint density at radius 1 is 0.867 bits per heavy atom. The van der Waals surface area contributed by atoms with Crippen molar-refractivity contribution in [2.45, 2.75) is 31.3 Å². The number of rotatable bonds is 4. The number of hydrogen-bond donors (Lipinski definition) is 0. The van der Waals surface area contributed by atoms with Gasteiger partial charge in [0.25, 0.3) is 10.0 Å². The molecular weight excluding hydrogens is 413 g/mol. The van der Waals surface area contributed by atoms with Gasteiger partial charge in [-0.3, -0.25) is 0 Å². The van der Waals surface area contributed by atoms with Gasteiger partial charge >= 0.3 is 0 Å². The molecule has 1 heterocycles. The number of aryl methyl sites for hydroxylation is 1. The van der Waals surface area contributed by atoms with Gasteiger partial charge < -0.3 is 0 Å². The molecule has 0 aliphatic carbocycles. The molecule has 0 saturated heterocycles. The van der Waals surface area contributed by atoms with E-state index in [0.29, 0.717) is 17.3 Å². The van der Waals surface area contributed by atoms with Crippen molar-refractivity contribution in [3.8, 4) is 0 Å². The lowest BCUT2D eigenvalue weighted by Gasteiger charge is -2.36. The number of fused-ring (bicyclic) bond motifs is 1. The van der Waals surface area contributed by atoms with E-state index in [1.54, 1.807) is 24.3 Å². The van der Waals surface area contributed by atoms with Crippen molar-refractivity contribution in [2.24, 2.45) is 0 Å². The molecule has 1 aliphatic heterocycles. The van der Waals surface area contributed by atoms with Crippen molar-refractivity contribution in [3.63, 3.8) is 0 Å². The van der Waals surface area contributed by atoms with E-state index < -0.39 is 24.0 Å². The van der Waals surface area contributed by atoms with E-state index >= 15 is 4.39 Å². The van der Waals surface area contributed by atoms with E-state index in [2.05, 4.69) is 13.1 Å². The number of para-hydroxylation sites is 1. The predicted molar refractivity (Wildman–Crippen MR) is 123 cm³/mol. The summed E-state index contributed by atoms with van der Waals surface area (Å²) in [4.78, 5) is 0.0819. The highest BCUT2D eigenvalue weighted by Crippen LogP contribution is 2.40. The van der Waals surface area contributed by atoms with Crippen LogP contribution in [0.4, 0.5) is 10.1 Å². The maximum absolute atomic E-state index is 16.1. The summed E-state index contributed by atoms with van der Waals surface area (Å²) in [6.07, 6.45) is 0.413. The van der Waals surface area contributed by atoms with Gasteiger partial charge in [-0.15, -0.1) is 0 Å². The third-order valence-corrected chi connectivity index (χ3v) is 11.2. The summed E-state index contributed by atoms with van der Waals surface area (Å²) in [5.74, 6) is -0.658. The standard InChI is InChI=1S/C24H24FNO2SSi/c1-18-13-15-20(16-14-18)29(27,28)26-22-12-8-7-9-19(22)17-23(24(26)25)30(2,3)21-10-5-4-6-11-21/h4-16H,17H2,1-3H3. The Balaban J connectivity index is 1.93. The van der Waals surface area contributed by atoms with Gasteiger partial charge in [0.05, 0.1) is 10.6 Å².